The number of piperidine rings is 2. The fourth-order valence-corrected chi connectivity index (χ4v) is 5.02. The van der Waals surface area contributed by atoms with Gasteiger partial charge in [0.2, 0.25) is 5.91 Å². The second-order valence-corrected chi connectivity index (χ2v) is 9.09. The van der Waals surface area contributed by atoms with Gasteiger partial charge < -0.3 is 20.0 Å². The molecule has 1 atom stereocenters. The van der Waals surface area contributed by atoms with Crippen LogP contribution in [0.15, 0.2) is 24.3 Å². The maximum atomic E-state index is 13.9. The number of halogens is 1. The third-order valence-electron chi connectivity index (χ3n) is 7.00. The van der Waals surface area contributed by atoms with Crippen molar-refractivity contribution in [2.45, 2.75) is 31.7 Å². The highest BCUT2D eigenvalue weighted by molar-refractivity contribution is 5.90. The summed E-state index contributed by atoms with van der Waals surface area (Å²) in [7, 11) is 2.17. The summed E-state index contributed by atoms with van der Waals surface area (Å²) in [6.45, 7) is 7.06. The summed E-state index contributed by atoms with van der Waals surface area (Å²) in [5.41, 5.74) is 0.173. The number of likely N-dealkylation sites (tertiary alicyclic amines) is 2. The molecule has 1 N–H and O–H groups in total. The van der Waals surface area contributed by atoms with Crippen molar-refractivity contribution in [3.8, 4) is 0 Å². The molecule has 0 aliphatic carbocycles. The highest BCUT2D eigenvalue weighted by Gasteiger charge is 2.34. The Morgan fingerprint density at radius 1 is 0.935 bits per heavy atom. The van der Waals surface area contributed by atoms with Gasteiger partial charge in [0, 0.05) is 58.4 Å². The SMILES string of the molecule is CN1CCN(C2CCN(C(=O)C3CCCN(C(=O)Nc4ccccc4F)C3)CC2)CC1. The van der Waals surface area contributed by atoms with E-state index in [0.29, 0.717) is 19.1 Å². The highest BCUT2D eigenvalue weighted by atomic mass is 19.1. The van der Waals surface area contributed by atoms with Crippen LogP contribution in [-0.2, 0) is 4.79 Å². The van der Waals surface area contributed by atoms with Gasteiger partial charge in [0.15, 0.2) is 0 Å². The molecule has 170 valence electrons. The molecular weight excluding hydrogens is 397 g/mol. The molecule has 7 nitrogen and oxygen atoms in total. The number of anilines is 1. The standard InChI is InChI=1S/C23H34FN5O2/c1-26-13-15-27(16-14-26)19-8-11-28(12-9-19)22(30)18-5-4-10-29(17-18)23(31)25-21-7-3-2-6-20(21)24/h2-3,6-7,18-19H,4-5,8-17H2,1H3,(H,25,31). The Labute approximate surface area is 184 Å². The molecule has 3 aliphatic heterocycles. The lowest BCUT2D eigenvalue weighted by Gasteiger charge is -2.43. The molecule has 3 fully saturated rings. The van der Waals surface area contributed by atoms with Crippen molar-refractivity contribution >= 4 is 17.6 Å². The molecule has 4 rings (SSSR count). The molecule has 0 radical (unpaired) electrons. The first-order valence-electron chi connectivity index (χ1n) is 11.5. The van der Waals surface area contributed by atoms with E-state index >= 15 is 0 Å². The molecule has 3 heterocycles. The topological polar surface area (TPSA) is 59.1 Å². The van der Waals surface area contributed by atoms with Gasteiger partial charge in [0.05, 0.1) is 11.6 Å². The average Bonchev–Trinajstić information content (AvgIpc) is 2.81. The molecule has 1 aromatic carbocycles. The number of nitrogens with zero attached hydrogens (tertiary/aromatic N) is 4. The molecule has 0 saturated carbocycles. The van der Waals surface area contributed by atoms with E-state index in [1.165, 1.54) is 6.07 Å². The zero-order valence-corrected chi connectivity index (χ0v) is 18.4. The van der Waals surface area contributed by atoms with Gasteiger partial charge in [-0.05, 0) is 44.9 Å². The molecular formula is C23H34FN5O2. The van der Waals surface area contributed by atoms with Crippen molar-refractivity contribution in [3.63, 3.8) is 0 Å². The van der Waals surface area contributed by atoms with E-state index in [9.17, 15) is 14.0 Å². The van der Waals surface area contributed by atoms with Gasteiger partial charge >= 0.3 is 6.03 Å². The number of rotatable bonds is 3. The van der Waals surface area contributed by atoms with Crippen molar-refractivity contribution in [2.75, 3.05) is 64.7 Å². The maximum Gasteiger partial charge on any atom is 0.321 e. The Morgan fingerprint density at radius 2 is 1.65 bits per heavy atom. The van der Waals surface area contributed by atoms with Crippen molar-refractivity contribution in [1.82, 2.24) is 19.6 Å². The predicted molar refractivity (Wildman–Crippen MR) is 118 cm³/mol. The first-order valence-corrected chi connectivity index (χ1v) is 11.5. The smallest absolute Gasteiger partial charge is 0.321 e. The van der Waals surface area contributed by atoms with Gasteiger partial charge in [-0.3, -0.25) is 9.69 Å². The minimum Gasteiger partial charge on any atom is -0.342 e. The number of piperazine rings is 1. The van der Waals surface area contributed by atoms with Gasteiger partial charge in [0.25, 0.3) is 0 Å². The predicted octanol–water partition coefficient (Wildman–Crippen LogP) is 2.31. The van der Waals surface area contributed by atoms with Crippen LogP contribution in [0.1, 0.15) is 25.7 Å². The number of carbonyl (C=O) groups excluding carboxylic acids is 2. The second kappa shape index (κ2) is 9.96. The molecule has 0 aromatic heterocycles. The van der Waals surface area contributed by atoms with Crippen LogP contribution < -0.4 is 5.32 Å². The minimum atomic E-state index is -0.455. The van der Waals surface area contributed by atoms with Crippen LogP contribution in [0.5, 0.6) is 0 Å². The van der Waals surface area contributed by atoms with Crippen molar-refractivity contribution in [1.29, 1.82) is 0 Å². The van der Waals surface area contributed by atoms with Gasteiger partial charge in [-0.1, -0.05) is 12.1 Å². The van der Waals surface area contributed by atoms with Crippen LogP contribution in [-0.4, -0.2) is 97.0 Å². The van der Waals surface area contributed by atoms with E-state index in [1.54, 1.807) is 23.1 Å². The van der Waals surface area contributed by atoms with Gasteiger partial charge in [0.1, 0.15) is 5.82 Å². The Kier molecular flexibility index (Phi) is 7.07. The van der Waals surface area contributed by atoms with Crippen LogP contribution in [0, 0.1) is 11.7 Å². The number of carbonyl (C=O) groups is 2. The van der Waals surface area contributed by atoms with Gasteiger partial charge in [-0.2, -0.15) is 0 Å². The van der Waals surface area contributed by atoms with Crippen LogP contribution in [0.3, 0.4) is 0 Å². The largest absolute Gasteiger partial charge is 0.342 e. The summed E-state index contributed by atoms with van der Waals surface area (Å²) in [6, 6.07) is 6.39. The van der Waals surface area contributed by atoms with Crippen LogP contribution in [0.4, 0.5) is 14.9 Å². The Bertz CT molecular complexity index is 775. The Morgan fingerprint density at radius 3 is 2.35 bits per heavy atom. The number of benzene rings is 1. The first kappa shape index (κ1) is 22.0. The van der Waals surface area contributed by atoms with Crippen LogP contribution in [0.2, 0.25) is 0 Å². The summed E-state index contributed by atoms with van der Waals surface area (Å²) >= 11 is 0. The molecule has 8 heteroatoms. The molecule has 3 aliphatic rings. The van der Waals surface area contributed by atoms with E-state index in [0.717, 1.165) is 65.0 Å². The first-order chi connectivity index (χ1) is 15.0. The van der Waals surface area contributed by atoms with E-state index in [2.05, 4.69) is 22.2 Å². The lowest BCUT2D eigenvalue weighted by molar-refractivity contribution is -0.138. The lowest BCUT2D eigenvalue weighted by atomic mass is 9.94. The summed E-state index contributed by atoms with van der Waals surface area (Å²) in [6.07, 6.45) is 3.65. The summed E-state index contributed by atoms with van der Waals surface area (Å²) in [5.74, 6) is -0.454. The third-order valence-corrected chi connectivity index (χ3v) is 7.00. The molecule has 1 aromatic rings. The monoisotopic (exact) mass is 431 g/mol. The molecule has 0 bridgehead atoms. The van der Waals surface area contributed by atoms with E-state index in [-0.39, 0.29) is 23.5 Å². The summed E-state index contributed by atoms with van der Waals surface area (Å²) < 4.78 is 13.9. The number of nitrogens with one attached hydrogen (secondary N) is 1. The Hall–Kier alpha value is -2.19. The zero-order chi connectivity index (χ0) is 21.8. The van der Waals surface area contributed by atoms with Gasteiger partial charge in [-0.25, -0.2) is 9.18 Å². The molecule has 3 saturated heterocycles. The molecule has 0 spiro atoms. The van der Waals surface area contributed by atoms with Gasteiger partial charge in [-0.15, -0.1) is 0 Å². The van der Waals surface area contributed by atoms with Crippen molar-refractivity contribution < 1.29 is 14.0 Å². The maximum absolute atomic E-state index is 13.9. The van der Waals surface area contributed by atoms with Crippen molar-refractivity contribution in [2.24, 2.45) is 5.92 Å². The highest BCUT2D eigenvalue weighted by Crippen LogP contribution is 2.24. The normalized spacial score (nSPS) is 24.3. The number of hydrogen-bond acceptors (Lipinski definition) is 4. The number of urea groups is 1. The molecule has 31 heavy (non-hydrogen) atoms. The number of para-hydroxylation sites is 1. The summed E-state index contributed by atoms with van der Waals surface area (Å²) in [5, 5.41) is 2.64. The minimum absolute atomic E-state index is 0.166. The Balaban J connectivity index is 1.27. The second-order valence-electron chi connectivity index (χ2n) is 9.09. The average molecular weight is 432 g/mol. The quantitative estimate of drug-likeness (QED) is 0.798. The molecule has 1 unspecified atom stereocenters. The van der Waals surface area contributed by atoms with E-state index in [1.807, 2.05) is 4.90 Å². The number of likely N-dealkylation sites (N-methyl/N-ethyl adjacent to an activating group) is 1. The third kappa shape index (κ3) is 5.36. The van der Waals surface area contributed by atoms with Crippen LogP contribution >= 0.6 is 0 Å². The fraction of sp³-hybridized carbons (Fsp3) is 0.652. The number of hydrogen-bond donors (Lipinski definition) is 1. The van der Waals surface area contributed by atoms with E-state index < -0.39 is 5.82 Å². The fourth-order valence-electron chi connectivity index (χ4n) is 5.02. The van der Waals surface area contributed by atoms with E-state index in [4.69, 9.17) is 0 Å². The number of amides is 3. The lowest BCUT2D eigenvalue weighted by Crippen LogP contribution is -2.54. The summed E-state index contributed by atoms with van der Waals surface area (Å²) in [4.78, 5) is 34.4. The zero-order valence-electron chi connectivity index (χ0n) is 18.4. The van der Waals surface area contributed by atoms with Crippen LogP contribution in [0.25, 0.3) is 0 Å². The molecule has 3 amide bonds. The van der Waals surface area contributed by atoms with Crippen molar-refractivity contribution in [3.05, 3.63) is 30.1 Å².